The first-order valence-corrected chi connectivity index (χ1v) is 1.90. The van der Waals surface area contributed by atoms with Gasteiger partial charge in [-0.05, 0) is 6.92 Å². The molecule has 7 heavy (non-hydrogen) atoms. The van der Waals surface area contributed by atoms with Crippen molar-refractivity contribution in [2.45, 2.75) is 13.8 Å². The van der Waals surface area contributed by atoms with Crippen LogP contribution in [0.25, 0.3) is 0 Å². The predicted octanol–water partition coefficient (Wildman–Crippen LogP) is -2.43. The summed E-state index contributed by atoms with van der Waals surface area (Å²) in [4.78, 5) is 9.82. The Balaban J connectivity index is 0. The van der Waals surface area contributed by atoms with Gasteiger partial charge in [-0.2, -0.15) is 0 Å². The minimum Gasteiger partial charge on any atom is -0.466 e. The summed E-state index contributed by atoms with van der Waals surface area (Å²) in [7, 11) is 0. The van der Waals surface area contributed by atoms with E-state index in [2.05, 4.69) is 4.74 Å². The molecule has 0 saturated heterocycles. The fourth-order valence-electron chi connectivity index (χ4n) is 0.203. The van der Waals surface area contributed by atoms with Crippen LogP contribution in [-0.2, 0) is 9.53 Å². The molecule has 0 saturated carbocycles. The number of hydrogen-bond acceptors (Lipinski definition) is 2. The number of carbonyl (C=O) groups excluding carboxylic acids is 1. The van der Waals surface area contributed by atoms with Crippen LogP contribution in [0.5, 0.6) is 0 Å². The summed E-state index contributed by atoms with van der Waals surface area (Å²) in [5.74, 6) is -0.211. The maximum absolute atomic E-state index is 9.82. The van der Waals surface area contributed by atoms with Crippen LogP contribution < -0.4 is 18.9 Å². The number of rotatable bonds is 1. The molecule has 0 atom stereocenters. The van der Waals surface area contributed by atoms with Gasteiger partial charge in [0.25, 0.3) is 0 Å². The Morgan fingerprint density at radius 2 is 2.14 bits per heavy atom. The fraction of sp³-hybridized carbons (Fsp3) is 0.750. The van der Waals surface area contributed by atoms with Gasteiger partial charge in [-0.3, -0.25) is 4.79 Å². The fourth-order valence-corrected chi connectivity index (χ4v) is 0.203. The second-order valence-corrected chi connectivity index (χ2v) is 0.925. The van der Waals surface area contributed by atoms with Crippen LogP contribution in [0.4, 0.5) is 0 Å². The molecule has 36 valence electrons. The molecule has 0 aliphatic rings. The van der Waals surface area contributed by atoms with Crippen molar-refractivity contribution in [1.29, 1.82) is 0 Å². The Morgan fingerprint density at radius 1 is 1.71 bits per heavy atom. The van der Waals surface area contributed by atoms with Crippen LogP contribution in [0.2, 0.25) is 0 Å². The molecule has 0 aromatic rings. The number of ether oxygens (including phenoxy) is 1. The van der Waals surface area contributed by atoms with Gasteiger partial charge in [0.05, 0.1) is 6.61 Å². The third kappa shape index (κ3) is 10.7. The summed E-state index contributed by atoms with van der Waals surface area (Å²) >= 11 is 0. The van der Waals surface area contributed by atoms with Crippen molar-refractivity contribution in [2.24, 2.45) is 0 Å². The average Bonchev–Trinajstić information content (AvgIpc) is 1.35. The van der Waals surface area contributed by atoms with Gasteiger partial charge in [-0.15, -0.1) is 0 Å². The molecular formula is C4H8LiO2+. The van der Waals surface area contributed by atoms with Crippen LogP contribution in [-0.4, -0.2) is 12.6 Å². The number of esters is 1. The van der Waals surface area contributed by atoms with Gasteiger partial charge in [-0.1, -0.05) is 0 Å². The molecule has 0 N–H and O–H groups in total. The molecule has 0 radical (unpaired) electrons. The zero-order valence-electron chi connectivity index (χ0n) is 5.02. The van der Waals surface area contributed by atoms with Crippen LogP contribution in [0.15, 0.2) is 0 Å². The van der Waals surface area contributed by atoms with E-state index in [-0.39, 0.29) is 24.8 Å². The van der Waals surface area contributed by atoms with E-state index >= 15 is 0 Å². The molecule has 3 heteroatoms. The minimum atomic E-state index is -0.211. The molecule has 0 aromatic carbocycles. The first kappa shape index (κ1) is 10.1. The van der Waals surface area contributed by atoms with Crippen molar-refractivity contribution >= 4 is 5.97 Å². The molecule has 0 rings (SSSR count). The third-order valence-corrected chi connectivity index (χ3v) is 0.348. The molecule has 0 amide bonds. The molecule has 0 heterocycles. The van der Waals surface area contributed by atoms with Crippen LogP contribution in [0, 0.1) is 0 Å². The predicted molar refractivity (Wildman–Crippen MR) is 22.3 cm³/mol. The second kappa shape index (κ2) is 6.07. The van der Waals surface area contributed by atoms with Crippen LogP contribution >= 0.6 is 0 Å². The van der Waals surface area contributed by atoms with Gasteiger partial charge in [0, 0.05) is 6.92 Å². The molecule has 0 fully saturated rings. The summed E-state index contributed by atoms with van der Waals surface area (Å²) in [6.07, 6.45) is 0. The first-order chi connectivity index (χ1) is 2.77. The standard InChI is InChI=1S/C4H8O2.Li/c1-3-6-4(2)5;/h3H2,1-2H3;/q;+1. The van der Waals surface area contributed by atoms with Gasteiger partial charge in [0.15, 0.2) is 0 Å². The third-order valence-electron chi connectivity index (χ3n) is 0.348. The van der Waals surface area contributed by atoms with Crippen molar-refractivity contribution in [3.63, 3.8) is 0 Å². The zero-order valence-corrected chi connectivity index (χ0v) is 5.02. The van der Waals surface area contributed by atoms with Crippen molar-refractivity contribution < 1.29 is 28.4 Å². The van der Waals surface area contributed by atoms with E-state index in [1.165, 1.54) is 6.92 Å². The van der Waals surface area contributed by atoms with E-state index < -0.39 is 0 Å². The van der Waals surface area contributed by atoms with Gasteiger partial charge < -0.3 is 4.74 Å². The Labute approximate surface area is 55.4 Å². The van der Waals surface area contributed by atoms with Crippen molar-refractivity contribution in [3.05, 3.63) is 0 Å². The smallest absolute Gasteiger partial charge is 0.466 e. The maximum Gasteiger partial charge on any atom is 1.00 e. The normalized spacial score (nSPS) is 6.57. The van der Waals surface area contributed by atoms with Gasteiger partial charge in [0.2, 0.25) is 0 Å². The minimum absolute atomic E-state index is 0. The Morgan fingerprint density at radius 3 is 2.14 bits per heavy atom. The SMILES string of the molecule is CCOC(C)=O.[Li+]. The van der Waals surface area contributed by atoms with Crippen molar-refractivity contribution in [2.75, 3.05) is 6.61 Å². The summed E-state index contributed by atoms with van der Waals surface area (Å²) in [5, 5.41) is 0. The molecule has 2 nitrogen and oxygen atoms in total. The van der Waals surface area contributed by atoms with Gasteiger partial charge in [-0.25, -0.2) is 0 Å². The molecule has 0 aromatic heterocycles. The molecule has 0 bridgehead atoms. The zero-order chi connectivity index (χ0) is 4.99. The van der Waals surface area contributed by atoms with Crippen molar-refractivity contribution in [1.82, 2.24) is 0 Å². The summed E-state index contributed by atoms with van der Waals surface area (Å²) < 4.78 is 4.40. The van der Waals surface area contributed by atoms with E-state index in [9.17, 15) is 4.79 Å². The van der Waals surface area contributed by atoms with Gasteiger partial charge in [0.1, 0.15) is 0 Å². The van der Waals surface area contributed by atoms with Crippen LogP contribution in [0.3, 0.4) is 0 Å². The van der Waals surface area contributed by atoms with Gasteiger partial charge >= 0.3 is 24.8 Å². The summed E-state index contributed by atoms with van der Waals surface area (Å²) in [6.45, 7) is 3.65. The molecule has 0 spiro atoms. The van der Waals surface area contributed by atoms with E-state index in [4.69, 9.17) is 0 Å². The topological polar surface area (TPSA) is 26.3 Å². The Kier molecular flexibility index (Phi) is 8.78. The number of hydrogen-bond donors (Lipinski definition) is 0. The largest absolute Gasteiger partial charge is 1.00 e. The van der Waals surface area contributed by atoms with E-state index in [1.807, 2.05) is 0 Å². The van der Waals surface area contributed by atoms with E-state index in [1.54, 1.807) is 6.92 Å². The monoisotopic (exact) mass is 95.1 g/mol. The van der Waals surface area contributed by atoms with E-state index in [0.29, 0.717) is 6.61 Å². The quantitative estimate of drug-likeness (QED) is 0.267. The summed E-state index contributed by atoms with van der Waals surface area (Å²) in [5.41, 5.74) is 0. The Hall–Kier alpha value is 0.0674. The average molecular weight is 95.0 g/mol. The van der Waals surface area contributed by atoms with E-state index in [0.717, 1.165) is 0 Å². The molecule has 0 aliphatic carbocycles. The number of carbonyl (C=O) groups is 1. The Bertz CT molecular complexity index is 53.7. The maximum atomic E-state index is 9.82. The molecular weight excluding hydrogens is 87.0 g/mol. The molecule has 0 aliphatic heterocycles. The second-order valence-electron chi connectivity index (χ2n) is 0.925. The van der Waals surface area contributed by atoms with Crippen molar-refractivity contribution in [3.8, 4) is 0 Å². The molecule has 0 unspecified atom stereocenters. The first-order valence-electron chi connectivity index (χ1n) is 1.90. The van der Waals surface area contributed by atoms with Crippen LogP contribution in [0.1, 0.15) is 13.8 Å². The summed E-state index contributed by atoms with van der Waals surface area (Å²) in [6, 6.07) is 0.